The molecule has 0 saturated carbocycles. The maximum absolute atomic E-state index is 13.5. The lowest BCUT2D eigenvalue weighted by Gasteiger charge is -2.09. The fourth-order valence-electron chi connectivity index (χ4n) is 1.92. The fraction of sp³-hybridized carbons (Fsp3) is 0.176. The normalized spacial score (nSPS) is 10.2. The van der Waals surface area contributed by atoms with Gasteiger partial charge in [-0.15, -0.1) is 0 Å². The van der Waals surface area contributed by atoms with E-state index in [4.69, 9.17) is 9.47 Å². The standard InChI is InChI=1S/C17H15F2NO4/c1-10-3-5-12(18)8-14(10)20-16(21)9-24-17(22)11-4-6-15(23-2)13(19)7-11/h3-8H,9H2,1-2H3,(H,20,21). The summed E-state index contributed by atoms with van der Waals surface area (Å²) >= 11 is 0. The van der Waals surface area contributed by atoms with Crippen LogP contribution in [0.3, 0.4) is 0 Å². The lowest BCUT2D eigenvalue weighted by Crippen LogP contribution is -2.21. The van der Waals surface area contributed by atoms with Gasteiger partial charge in [-0.25, -0.2) is 13.6 Å². The highest BCUT2D eigenvalue weighted by atomic mass is 19.1. The molecule has 0 aliphatic rings. The van der Waals surface area contributed by atoms with Crippen molar-refractivity contribution < 1.29 is 27.8 Å². The number of hydrogen-bond donors (Lipinski definition) is 1. The van der Waals surface area contributed by atoms with Gasteiger partial charge in [-0.1, -0.05) is 6.07 Å². The second kappa shape index (κ2) is 7.54. The van der Waals surface area contributed by atoms with Crippen molar-refractivity contribution in [3.05, 3.63) is 59.2 Å². The minimum Gasteiger partial charge on any atom is -0.494 e. The van der Waals surface area contributed by atoms with Gasteiger partial charge in [-0.3, -0.25) is 4.79 Å². The summed E-state index contributed by atoms with van der Waals surface area (Å²) in [4.78, 5) is 23.6. The smallest absolute Gasteiger partial charge is 0.338 e. The molecular weight excluding hydrogens is 320 g/mol. The molecule has 0 heterocycles. The average molecular weight is 335 g/mol. The van der Waals surface area contributed by atoms with Crippen LogP contribution in [0.25, 0.3) is 0 Å². The summed E-state index contributed by atoms with van der Waals surface area (Å²) in [5.74, 6) is -2.71. The summed E-state index contributed by atoms with van der Waals surface area (Å²) in [6.45, 7) is 1.11. The maximum Gasteiger partial charge on any atom is 0.338 e. The van der Waals surface area contributed by atoms with Gasteiger partial charge in [0, 0.05) is 5.69 Å². The van der Waals surface area contributed by atoms with Crippen LogP contribution in [0.4, 0.5) is 14.5 Å². The van der Waals surface area contributed by atoms with Crippen molar-refractivity contribution in [2.45, 2.75) is 6.92 Å². The van der Waals surface area contributed by atoms with E-state index < -0.39 is 30.1 Å². The number of amides is 1. The lowest BCUT2D eigenvalue weighted by atomic mass is 10.2. The molecule has 5 nitrogen and oxygen atoms in total. The van der Waals surface area contributed by atoms with E-state index in [9.17, 15) is 18.4 Å². The SMILES string of the molecule is COc1ccc(C(=O)OCC(=O)Nc2cc(F)ccc2C)cc1F. The number of esters is 1. The Morgan fingerprint density at radius 1 is 1.12 bits per heavy atom. The molecule has 126 valence electrons. The average Bonchev–Trinajstić information content (AvgIpc) is 2.56. The molecule has 2 rings (SSSR count). The van der Waals surface area contributed by atoms with Crippen LogP contribution in [-0.4, -0.2) is 25.6 Å². The number of ether oxygens (including phenoxy) is 2. The molecule has 24 heavy (non-hydrogen) atoms. The van der Waals surface area contributed by atoms with Crippen LogP contribution in [0.1, 0.15) is 15.9 Å². The van der Waals surface area contributed by atoms with Gasteiger partial charge in [0.1, 0.15) is 5.82 Å². The van der Waals surface area contributed by atoms with Crippen molar-refractivity contribution in [2.75, 3.05) is 19.0 Å². The Morgan fingerprint density at radius 3 is 2.54 bits per heavy atom. The van der Waals surface area contributed by atoms with Gasteiger partial charge in [-0.2, -0.15) is 0 Å². The summed E-state index contributed by atoms with van der Waals surface area (Å²) in [6, 6.07) is 7.49. The van der Waals surface area contributed by atoms with Crippen LogP contribution in [0, 0.1) is 18.6 Å². The first-order valence-electron chi connectivity index (χ1n) is 6.97. The fourth-order valence-corrected chi connectivity index (χ4v) is 1.92. The Hall–Kier alpha value is -2.96. The first-order chi connectivity index (χ1) is 11.4. The first-order valence-corrected chi connectivity index (χ1v) is 6.97. The number of carbonyl (C=O) groups excluding carboxylic acids is 2. The van der Waals surface area contributed by atoms with Crippen LogP contribution in [-0.2, 0) is 9.53 Å². The summed E-state index contributed by atoms with van der Waals surface area (Å²) in [5, 5.41) is 2.44. The van der Waals surface area contributed by atoms with Gasteiger partial charge in [0.15, 0.2) is 18.2 Å². The third kappa shape index (κ3) is 4.28. The molecule has 7 heteroatoms. The molecule has 0 unspecified atom stereocenters. The number of nitrogens with one attached hydrogen (secondary N) is 1. The van der Waals surface area contributed by atoms with Crippen LogP contribution in [0.5, 0.6) is 5.75 Å². The Balaban J connectivity index is 1.95. The summed E-state index contributed by atoms with van der Waals surface area (Å²) in [6.07, 6.45) is 0. The number of methoxy groups -OCH3 is 1. The number of anilines is 1. The molecule has 0 aromatic heterocycles. The van der Waals surface area contributed by atoms with Gasteiger partial charge in [-0.05, 0) is 42.8 Å². The summed E-state index contributed by atoms with van der Waals surface area (Å²) < 4.78 is 36.2. The molecular formula is C17H15F2NO4. The molecule has 0 bridgehead atoms. The number of carbonyl (C=O) groups is 2. The van der Waals surface area contributed by atoms with Crippen LogP contribution in [0.15, 0.2) is 36.4 Å². The molecule has 0 saturated heterocycles. The van der Waals surface area contributed by atoms with Gasteiger partial charge in [0.05, 0.1) is 12.7 Å². The Morgan fingerprint density at radius 2 is 1.88 bits per heavy atom. The molecule has 0 radical (unpaired) electrons. The number of halogens is 2. The van der Waals surface area contributed by atoms with E-state index in [0.29, 0.717) is 5.56 Å². The highest BCUT2D eigenvalue weighted by Gasteiger charge is 2.14. The van der Waals surface area contributed by atoms with E-state index in [1.54, 1.807) is 6.92 Å². The second-order valence-corrected chi connectivity index (χ2v) is 4.93. The largest absolute Gasteiger partial charge is 0.494 e. The monoisotopic (exact) mass is 335 g/mol. The molecule has 0 fully saturated rings. The van der Waals surface area contributed by atoms with E-state index in [1.165, 1.54) is 31.4 Å². The van der Waals surface area contributed by atoms with Crippen molar-refractivity contribution >= 4 is 17.6 Å². The summed E-state index contributed by atoms with van der Waals surface area (Å²) in [7, 11) is 1.30. The first kappa shape index (κ1) is 17.4. The van der Waals surface area contributed by atoms with Crippen LogP contribution in [0.2, 0.25) is 0 Å². The maximum atomic E-state index is 13.5. The van der Waals surface area contributed by atoms with E-state index in [1.807, 2.05) is 0 Å². The van der Waals surface area contributed by atoms with Gasteiger partial charge < -0.3 is 14.8 Å². The van der Waals surface area contributed by atoms with E-state index in [-0.39, 0.29) is 17.0 Å². The number of benzene rings is 2. The predicted molar refractivity (Wildman–Crippen MR) is 83.0 cm³/mol. The quantitative estimate of drug-likeness (QED) is 0.853. The number of aryl methyl sites for hydroxylation is 1. The zero-order valence-corrected chi connectivity index (χ0v) is 13.1. The van der Waals surface area contributed by atoms with Gasteiger partial charge in [0.25, 0.3) is 5.91 Å². The third-order valence-corrected chi connectivity index (χ3v) is 3.20. The molecule has 2 aromatic carbocycles. The Kier molecular flexibility index (Phi) is 5.47. The topological polar surface area (TPSA) is 64.6 Å². The van der Waals surface area contributed by atoms with E-state index in [0.717, 1.165) is 12.1 Å². The highest BCUT2D eigenvalue weighted by molar-refractivity contribution is 5.95. The van der Waals surface area contributed by atoms with Crippen molar-refractivity contribution in [2.24, 2.45) is 0 Å². The second-order valence-electron chi connectivity index (χ2n) is 4.93. The van der Waals surface area contributed by atoms with Crippen molar-refractivity contribution in [1.82, 2.24) is 0 Å². The molecule has 0 spiro atoms. The van der Waals surface area contributed by atoms with E-state index in [2.05, 4.69) is 5.32 Å². The zero-order chi connectivity index (χ0) is 17.7. The molecule has 0 atom stereocenters. The van der Waals surface area contributed by atoms with Crippen molar-refractivity contribution in [3.8, 4) is 5.75 Å². The van der Waals surface area contributed by atoms with Crippen LogP contribution < -0.4 is 10.1 Å². The predicted octanol–water partition coefficient (Wildman–Crippen LogP) is 3.08. The van der Waals surface area contributed by atoms with Gasteiger partial charge in [0.2, 0.25) is 0 Å². The molecule has 2 aromatic rings. The molecule has 0 aliphatic carbocycles. The van der Waals surface area contributed by atoms with E-state index >= 15 is 0 Å². The number of rotatable bonds is 5. The van der Waals surface area contributed by atoms with Crippen molar-refractivity contribution in [1.29, 1.82) is 0 Å². The minimum absolute atomic E-state index is 0.00845. The van der Waals surface area contributed by atoms with Crippen molar-refractivity contribution in [3.63, 3.8) is 0 Å². The molecule has 1 N–H and O–H groups in total. The minimum atomic E-state index is -0.859. The van der Waals surface area contributed by atoms with Gasteiger partial charge >= 0.3 is 5.97 Å². The highest BCUT2D eigenvalue weighted by Crippen LogP contribution is 2.18. The third-order valence-electron chi connectivity index (χ3n) is 3.20. The number of hydrogen-bond acceptors (Lipinski definition) is 4. The van der Waals surface area contributed by atoms with Crippen LogP contribution >= 0.6 is 0 Å². The lowest BCUT2D eigenvalue weighted by molar-refractivity contribution is -0.119. The molecule has 1 amide bonds. The zero-order valence-electron chi connectivity index (χ0n) is 13.1. The molecule has 0 aliphatic heterocycles. The Bertz CT molecular complexity index is 777. The Labute approximate surface area is 137 Å². The summed E-state index contributed by atoms with van der Waals surface area (Å²) in [5.41, 5.74) is 0.892.